The fourth-order valence-corrected chi connectivity index (χ4v) is 5.34. The third kappa shape index (κ3) is 3.77. The van der Waals surface area contributed by atoms with Gasteiger partial charge in [0.1, 0.15) is 10.6 Å². The van der Waals surface area contributed by atoms with Crippen LogP contribution in [-0.4, -0.2) is 22.8 Å². The maximum atomic E-state index is 13.6. The van der Waals surface area contributed by atoms with Crippen molar-refractivity contribution < 1.29 is 9.53 Å². The van der Waals surface area contributed by atoms with Gasteiger partial charge in [0.2, 0.25) is 0 Å². The van der Waals surface area contributed by atoms with E-state index >= 15 is 0 Å². The van der Waals surface area contributed by atoms with Gasteiger partial charge in [-0.25, -0.2) is 0 Å². The number of methoxy groups -OCH3 is 1. The zero-order chi connectivity index (χ0) is 22.2. The topological polar surface area (TPSA) is 44.1 Å². The number of halogens is 2. The van der Waals surface area contributed by atoms with Gasteiger partial charge in [-0.1, -0.05) is 59.6 Å². The van der Waals surface area contributed by atoms with Crippen molar-refractivity contribution in [1.29, 1.82) is 0 Å². The highest BCUT2D eigenvalue weighted by Gasteiger charge is 2.25. The summed E-state index contributed by atoms with van der Waals surface area (Å²) in [4.78, 5) is 14.1. The molecule has 4 nitrogen and oxygen atoms in total. The second kappa shape index (κ2) is 8.58. The highest BCUT2D eigenvalue weighted by Crippen LogP contribution is 2.37. The van der Waals surface area contributed by atoms with Gasteiger partial charge in [0, 0.05) is 26.6 Å². The number of carbonyl (C=O) groups is 1. The number of ether oxygens (including phenoxy) is 1. The second-order valence-electron chi connectivity index (χ2n) is 7.43. The number of hydrogen-bond donors (Lipinski definition) is 0. The Morgan fingerprint density at radius 3 is 2.62 bits per heavy atom. The van der Waals surface area contributed by atoms with E-state index in [1.165, 1.54) is 16.0 Å². The van der Waals surface area contributed by atoms with Crippen LogP contribution in [0, 0.1) is 0 Å². The Morgan fingerprint density at radius 1 is 1.16 bits per heavy atom. The standard InChI is InChI=1S/C25H18Cl2N2O2S/c1-31-18-12-8-15(9-13-18)20-14-21(16-6-10-17(26)11-7-16)29(28-20)25(30)24-23(27)19-4-2-3-5-22(19)32-24/h2-8,10-15H,9H2,1H3. The van der Waals surface area contributed by atoms with Crippen molar-refractivity contribution in [3.63, 3.8) is 0 Å². The Hall–Kier alpha value is -2.86. The van der Waals surface area contributed by atoms with E-state index in [4.69, 9.17) is 33.0 Å². The van der Waals surface area contributed by atoms with E-state index in [1.807, 2.05) is 60.7 Å². The first kappa shape index (κ1) is 21.0. The van der Waals surface area contributed by atoms with Gasteiger partial charge >= 0.3 is 0 Å². The van der Waals surface area contributed by atoms with Crippen LogP contribution in [0.5, 0.6) is 0 Å². The van der Waals surface area contributed by atoms with Crippen LogP contribution in [0.4, 0.5) is 0 Å². The summed E-state index contributed by atoms with van der Waals surface area (Å²) in [5.41, 5.74) is 2.36. The Balaban J connectivity index is 1.61. The second-order valence-corrected chi connectivity index (χ2v) is 9.30. The molecule has 5 rings (SSSR count). The summed E-state index contributed by atoms with van der Waals surface area (Å²) in [7, 11) is 1.65. The fourth-order valence-electron chi connectivity index (χ4n) is 3.78. The molecule has 0 saturated carbocycles. The third-order valence-corrected chi connectivity index (χ3v) is 7.39. The van der Waals surface area contributed by atoms with Gasteiger partial charge in [-0.05, 0) is 42.8 Å². The van der Waals surface area contributed by atoms with Gasteiger partial charge in [-0.2, -0.15) is 9.78 Å². The lowest BCUT2D eigenvalue weighted by molar-refractivity contribution is 0.0951. The minimum absolute atomic E-state index is 0.0480. The Morgan fingerprint density at radius 2 is 1.94 bits per heavy atom. The van der Waals surface area contributed by atoms with Crippen LogP contribution in [0.3, 0.4) is 0 Å². The van der Waals surface area contributed by atoms with E-state index in [9.17, 15) is 4.79 Å². The lowest BCUT2D eigenvalue weighted by atomic mass is 9.96. The zero-order valence-electron chi connectivity index (χ0n) is 17.1. The van der Waals surface area contributed by atoms with Crippen LogP contribution in [0.15, 0.2) is 78.6 Å². The van der Waals surface area contributed by atoms with E-state index in [0.29, 0.717) is 20.6 Å². The van der Waals surface area contributed by atoms with Gasteiger partial charge < -0.3 is 4.74 Å². The highest BCUT2D eigenvalue weighted by atomic mass is 35.5. The number of carbonyl (C=O) groups excluding carboxylic acids is 1. The number of thiophene rings is 1. The summed E-state index contributed by atoms with van der Waals surface area (Å²) in [5, 5.41) is 6.69. The van der Waals surface area contributed by atoms with Crippen molar-refractivity contribution in [3.05, 3.63) is 99.2 Å². The molecular formula is C25H18Cl2N2O2S. The monoisotopic (exact) mass is 480 g/mol. The number of hydrogen-bond acceptors (Lipinski definition) is 4. The fraction of sp³-hybridized carbons (Fsp3) is 0.120. The molecule has 1 unspecified atom stereocenters. The average molecular weight is 481 g/mol. The molecular weight excluding hydrogens is 463 g/mol. The molecule has 1 aliphatic carbocycles. The van der Waals surface area contributed by atoms with E-state index in [1.54, 1.807) is 19.2 Å². The quantitative estimate of drug-likeness (QED) is 0.307. The molecule has 32 heavy (non-hydrogen) atoms. The molecule has 7 heteroatoms. The summed E-state index contributed by atoms with van der Waals surface area (Å²) in [6.45, 7) is 0. The Labute approximate surface area is 199 Å². The molecule has 0 amide bonds. The van der Waals surface area contributed by atoms with Gasteiger partial charge in [0.15, 0.2) is 0 Å². The molecule has 0 radical (unpaired) electrons. The molecule has 0 bridgehead atoms. The molecule has 2 aromatic heterocycles. The van der Waals surface area contributed by atoms with Gasteiger partial charge in [0.25, 0.3) is 5.91 Å². The molecule has 1 atom stereocenters. The number of benzene rings is 2. The van der Waals surface area contributed by atoms with E-state index in [2.05, 4.69) is 0 Å². The first-order valence-electron chi connectivity index (χ1n) is 10.0. The minimum Gasteiger partial charge on any atom is -0.497 e. The average Bonchev–Trinajstić information content (AvgIpc) is 3.42. The minimum atomic E-state index is -0.250. The molecule has 2 heterocycles. The van der Waals surface area contributed by atoms with Crippen LogP contribution in [0.1, 0.15) is 27.7 Å². The molecule has 0 fully saturated rings. The summed E-state index contributed by atoms with van der Waals surface area (Å²) >= 11 is 14.1. The van der Waals surface area contributed by atoms with Crippen LogP contribution in [0.25, 0.3) is 21.3 Å². The molecule has 160 valence electrons. The predicted molar refractivity (Wildman–Crippen MR) is 131 cm³/mol. The summed E-state index contributed by atoms with van der Waals surface area (Å²) in [6, 6.07) is 17.1. The van der Waals surface area contributed by atoms with Crippen molar-refractivity contribution in [3.8, 4) is 11.3 Å². The molecule has 2 aromatic carbocycles. The third-order valence-electron chi connectivity index (χ3n) is 5.47. The van der Waals surface area contributed by atoms with Gasteiger partial charge in [-0.15, -0.1) is 11.3 Å². The number of allylic oxidation sites excluding steroid dienone is 3. The molecule has 0 spiro atoms. The van der Waals surface area contributed by atoms with Crippen LogP contribution >= 0.6 is 34.5 Å². The first-order chi connectivity index (χ1) is 15.5. The number of aromatic nitrogens is 2. The van der Waals surface area contributed by atoms with E-state index in [0.717, 1.165) is 33.5 Å². The normalized spacial score (nSPS) is 15.7. The lowest BCUT2D eigenvalue weighted by Crippen LogP contribution is -2.15. The first-order valence-corrected chi connectivity index (χ1v) is 11.6. The van der Waals surface area contributed by atoms with Crippen LogP contribution in [-0.2, 0) is 4.74 Å². The molecule has 1 aliphatic rings. The van der Waals surface area contributed by atoms with Gasteiger partial charge in [0.05, 0.1) is 23.5 Å². The zero-order valence-corrected chi connectivity index (χ0v) is 19.4. The summed E-state index contributed by atoms with van der Waals surface area (Å²) in [5.74, 6) is 0.624. The number of nitrogens with zero attached hydrogens (tertiary/aromatic N) is 2. The van der Waals surface area contributed by atoms with Crippen molar-refractivity contribution in [2.45, 2.75) is 12.3 Å². The maximum absolute atomic E-state index is 13.6. The SMILES string of the molecule is COC1=CCC(c2cc(-c3ccc(Cl)cc3)n(C(=O)c3sc4ccccc4c3Cl)n2)C=C1. The van der Waals surface area contributed by atoms with E-state index < -0.39 is 0 Å². The van der Waals surface area contributed by atoms with Crippen molar-refractivity contribution in [2.75, 3.05) is 7.11 Å². The molecule has 4 aromatic rings. The predicted octanol–water partition coefficient (Wildman–Crippen LogP) is 7.33. The van der Waals surface area contributed by atoms with Crippen LogP contribution in [0.2, 0.25) is 10.0 Å². The molecule has 0 saturated heterocycles. The lowest BCUT2D eigenvalue weighted by Gasteiger charge is -2.13. The highest BCUT2D eigenvalue weighted by molar-refractivity contribution is 7.21. The van der Waals surface area contributed by atoms with E-state index in [-0.39, 0.29) is 11.8 Å². The smallest absolute Gasteiger partial charge is 0.290 e. The van der Waals surface area contributed by atoms with Crippen molar-refractivity contribution in [1.82, 2.24) is 9.78 Å². The number of rotatable bonds is 4. The Kier molecular flexibility index (Phi) is 5.64. The molecule has 0 aliphatic heterocycles. The maximum Gasteiger partial charge on any atom is 0.290 e. The van der Waals surface area contributed by atoms with Crippen molar-refractivity contribution in [2.24, 2.45) is 0 Å². The van der Waals surface area contributed by atoms with Crippen LogP contribution < -0.4 is 0 Å². The van der Waals surface area contributed by atoms with Crippen molar-refractivity contribution >= 4 is 50.5 Å². The largest absolute Gasteiger partial charge is 0.497 e. The molecule has 0 N–H and O–H groups in total. The summed E-state index contributed by atoms with van der Waals surface area (Å²) < 4.78 is 7.71. The number of fused-ring (bicyclic) bond motifs is 1. The summed E-state index contributed by atoms with van der Waals surface area (Å²) in [6.07, 6.45) is 6.75. The van der Waals surface area contributed by atoms with Gasteiger partial charge in [-0.3, -0.25) is 4.79 Å². The Bertz CT molecular complexity index is 1380.